The van der Waals surface area contributed by atoms with E-state index in [1.807, 2.05) is 0 Å². The van der Waals surface area contributed by atoms with Crippen LogP contribution in [0.4, 0.5) is 0 Å². The summed E-state index contributed by atoms with van der Waals surface area (Å²) >= 11 is 0. The smallest absolute Gasteiger partial charge is 0.161 e. The number of aliphatic hydroxyl groups excluding tert-OH is 1. The van der Waals surface area contributed by atoms with Gasteiger partial charge in [0.1, 0.15) is 0 Å². The summed E-state index contributed by atoms with van der Waals surface area (Å²) in [6.07, 6.45) is 18.0. The third-order valence-corrected chi connectivity index (χ3v) is 5.26. The third kappa shape index (κ3) is 14.8. The van der Waals surface area contributed by atoms with Gasteiger partial charge in [-0.1, -0.05) is 90.4 Å². The van der Waals surface area contributed by atoms with Crippen LogP contribution in [0.1, 0.15) is 104 Å². The van der Waals surface area contributed by atoms with Gasteiger partial charge in [-0.3, -0.25) is 4.57 Å². The van der Waals surface area contributed by atoms with E-state index in [1.165, 1.54) is 77.0 Å². The van der Waals surface area contributed by atoms with Crippen LogP contribution < -0.4 is 0 Å². The van der Waals surface area contributed by atoms with Gasteiger partial charge in [-0.25, -0.2) is 0 Å². The van der Waals surface area contributed by atoms with Gasteiger partial charge >= 0.3 is 0 Å². The highest BCUT2D eigenvalue weighted by atomic mass is 31.1. The Hall–Kier alpha value is 0.0600. The molecule has 0 rings (SSSR count). The standard InChI is InChI=1S/C18H37O2P/c1-3-4-5-6-7-8-9-10-11-12-13-14-15-16-18(21-20)17(2)19/h17-19H,3-16H2,1-2H3. The van der Waals surface area contributed by atoms with Crippen molar-refractivity contribution in [2.24, 2.45) is 0 Å². The number of aliphatic hydroxyl groups is 1. The molecule has 0 bridgehead atoms. The van der Waals surface area contributed by atoms with Crippen LogP contribution >= 0.6 is 8.46 Å². The Balaban J connectivity index is 3.14. The molecule has 0 fully saturated rings. The summed E-state index contributed by atoms with van der Waals surface area (Å²) in [5, 5.41) is 9.40. The molecule has 0 amide bonds. The largest absolute Gasteiger partial charge is 0.392 e. The molecule has 2 nitrogen and oxygen atoms in total. The molecular weight excluding hydrogens is 279 g/mol. The van der Waals surface area contributed by atoms with Crippen molar-refractivity contribution < 1.29 is 9.67 Å². The maximum atomic E-state index is 10.8. The molecule has 0 saturated carbocycles. The first-order valence-electron chi connectivity index (χ1n) is 9.23. The zero-order chi connectivity index (χ0) is 15.8. The molecule has 0 heterocycles. The second-order valence-corrected chi connectivity index (χ2v) is 7.32. The summed E-state index contributed by atoms with van der Waals surface area (Å²) < 4.78 is 10.8. The number of rotatable bonds is 16. The van der Waals surface area contributed by atoms with E-state index in [-0.39, 0.29) is 14.1 Å². The summed E-state index contributed by atoms with van der Waals surface area (Å²) in [6, 6.07) is 0. The van der Waals surface area contributed by atoms with Crippen molar-refractivity contribution in [3.63, 3.8) is 0 Å². The van der Waals surface area contributed by atoms with Gasteiger partial charge in [-0.05, 0) is 13.3 Å². The average Bonchev–Trinajstić information content (AvgIpc) is 2.47. The van der Waals surface area contributed by atoms with Crippen LogP contribution in [0.15, 0.2) is 0 Å². The Bertz CT molecular complexity index is 219. The first kappa shape index (κ1) is 21.1. The molecule has 0 saturated heterocycles. The van der Waals surface area contributed by atoms with Gasteiger partial charge in [0.15, 0.2) is 8.46 Å². The van der Waals surface area contributed by atoms with E-state index in [9.17, 15) is 9.67 Å². The molecule has 0 aliphatic rings. The van der Waals surface area contributed by atoms with Crippen molar-refractivity contribution in [2.75, 3.05) is 0 Å². The Kier molecular flexibility index (Phi) is 16.5. The van der Waals surface area contributed by atoms with Crippen molar-refractivity contribution in [1.82, 2.24) is 0 Å². The topological polar surface area (TPSA) is 37.3 Å². The molecule has 2 unspecified atom stereocenters. The summed E-state index contributed by atoms with van der Waals surface area (Å²) in [4.78, 5) is 0. The van der Waals surface area contributed by atoms with E-state index in [0.717, 1.165) is 12.8 Å². The second-order valence-electron chi connectivity index (χ2n) is 6.44. The molecule has 3 heteroatoms. The lowest BCUT2D eigenvalue weighted by molar-refractivity contribution is 0.184. The SMILES string of the molecule is CCCCCCCCCCCCCCCC(P=O)C(C)O. The van der Waals surface area contributed by atoms with Gasteiger partial charge in [-0.15, -0.1) is 0 Å². The highest BCUT2D eigenvalue weighted by Crippen LogP contribution is 2.20. The minimum Gasteiger partial charge on any atom is -0.392 e. The molecule has 0 aliphatic heterocycles. The molecule has 21 heavy (non-hydrogen) atoms. The fourth-order valence-corrected chi connectivity index (χ4v) is 3.22. The van der Waals surface area contributed by atoms with Gasteiger partial charge in [0.25, 0.3) is 0 Å². The summed E-state index contributed by atoms with van der Waals surface area (Å²) in [7, 11) is 0.101. The molecule has 0 spiro atoms. The van der Waals surface area contributed by atoms with Crippen LogP contribution in [0.5, 0.6) is 0 Å². The van der Waals surface area contributed by atoms with Crippen LogP contribution in [-0.2, 0) is 4.57 Å². The van der Waals surface area contributed by atoms with Crippen molar-refractivity contribution in [3.05, 3.63) is 0 Å². The van der Waals surface area contributed by atoms with Gasteiger partial charge in [0, 0.05) is 0 Å². The quantitative estimate of drug-likeness (QED) is 0.260. The summed E-state index contributed by atoms with van der Waals surface area (Å²) in [5.41, 5.74) is -0.0577. The Morgan fingerprint density at radius 3 is 1.48 bits per heavy atom. The van der Waals surface area contributed by atoms with E-state index in [4.69, 9.17) is 0 Å². The van der Waals surface area contributed by atoms with E-state index in [1.54, 1.807) is 6.92 Å². The number of hydrogen-bond acceptors (Lipinski definition) is 2. The zero-order valence-corrected chi connectivity index (χ0v) is 15.3. The van der Waals surface area contributed by atoms with E-state index < -0.39 is 6.10 Å². The first-order chi connectivity index (χ1) is 10.2. The maximum absolute atomic E-state index is 10.8. The summed E-state index contributed by atoms with van der Waals surface area (Å²) in [5.74, 6) is 0. The second kappa shape index (κ2) is 16.4. The molecule has 0 aromatic heterocycles. The van der Waals surface area contributed by atoms with Crippen molar-refractivity contribution >= 4 is 8.46 Å². The zero-order valence-electron chi connectivity index (χ0n) is 14.4. The van der Waals surface area contributed by atoms with E-state index >= 15 is 0 Å². The third-order valence-electron chi connectivity index (χ3n) is 4.30. The fraction of sp³-hybridized carbons (Fsp3) is 1.00. The van der Waals surface area contributed by atoms with Crippen molar-refractivity contribution in [3.8, 4) is 0 Å². The van der Waals surface area contributed by atoms with Gasteiger partial charge in [0.2, 0.25) is 0 Å². The van der Waals surface area contributed by atoms with E-state index in [0.29, 0.717) is 0 Å². The van der Waals surface area contributed by atoms with Crippen LogP contribution in [-0.4, -0.2) is 16.9 Å². The highest BCUT2D eigenvalue weighted by molar-refractivity contribution is 7.24. The molecule has 0 aromatic carbocycles. The number of unbranched alkanes of at least 4 members (excludes halogenated alkanes) is 12. The molecule has 0 aromatic rings. The molecule has 0 radical (unpaired) electrons. The lowest BCUT2D eigenvalue weighted by Gasteiger charge is -2.11. The molecule has 1 N–H and O–H groups in total. The normalized spacial score (nSPS) is 14.4. The number of hydrogen-bond donors (Lipinski definition) is 1. The predicted molar refractivity (Wildman–Crippen MR) is 93.4 cm³/mol. The van der Waals surface area contributed by atoms with Crippen molar-refractivity contribution in [2.45, 2.75) is 116 Å². The lowest BCUT2D eigenvalue weighted by atomic mass is 10.0. The monoisotopic (exact) mass is 316 g/mol. The minimum absolute atomic E-state index is 0.0577. The van der Waals surface area contributed by atoms with Crippen LogP contribution in [0, 0.1) is 0 Å². The molecule has 126 valence electrons. The highest BCUT2D eigenvalue weighted by Gasteiger charge is 2.13. The first-order valence-corrected chi connectivity index (χ1v) is 10.1. The van der Waals surface area contributed by atoms with Gasteiger partial charge in [0.05, 0.1) is 11.8 Å². The molecule has 0 aliphatic carbocycles. The average molecular weight is 316 g/mol. The van der Waals surface area contributed by atoms with Crippen LogP contribution in [0.3, 0.4) is 0 Å². The van der Waals surface area contributed by atoms with Crippen LogP contribution in [0.2, 0.25) is 0 Å². The Morgan fingerprint density at radius 1 is 0.762 bits per heavy atom. The van der Waals surface area contributed by atoms with Crippen LogP contribution in [0.25, 0.3) is 0 Å². The van der Waals surface area contributed by atoms with Crippen molar-refractivity contribution in [1.29, 1.82) is 0 Å². The summed E-state index contributed by atoms with van der Waals surface area (Å²) in [6.45, 7) is 4.00. The minimum atomic E-state index is -0.443. The van der Waals surface area contributed by atoms with E-state index in [2.05, 4.69) is 6.92 Å². The lowest BCUT2D eigenvalue weighted by Crippen LogP contribution is -2.16. The molecule has 2 atom stereocenters. The Labute approximate surface area is 134 Å². The van der Waals surface area contributed by atoms with Gasteiger partial charge < -0.3 is 5.11 Å². The Morgan fingerprint density at radius 2 is 1.14 bits per heavy atom. The molecular formula is C18H37O2P. The van der Waals surface area contributed by atoms with Gasteiger partial charge in [-0.2, -0.15) is 0 Å². The maximum Gasteiger partial charge on any atom is 0.161 e. The predicted octanol–water partition coefficient (Wildman–Crippen LogP) is 6.51. The fourth-order valence-electron chi connectivity index (χ4n) is 2.75.